The molecule has 0 saturated carbocycles. The minimum absolute atomic E-state index is 0.251. The van der Waals surface area contributed by atoms with Gasteiger partial charge in [-0.05, 0) is 18.2 Å². The van der Waals surface area contributed by atoms with Gasteiger partial charge in [-0.1, -0.05) is 58.0 Å². The number of Topliss-reactive ketones (excluding diaryl/α,β-unsaturated/α-hetero) is 1. The van der Waals surface area contributed by atoms with Crippen LogP contribution in [0.4, 0.5) is 0 Å². The molecule has 1 aromatic rings. The number of halogens is 5. The summed E-state index contributed by atoms with van der Waals surface area (Å²) in [5.74, 6) is -0.317. The molecular formula is C10H5Cl5O2. The number of benzene rings is 1. The number of carbonyl (C=O) groups is 1. The van der Waals surface area contributed by atoms with E-state index in [4.69, 9.17) is 62.7 Å². The Hall–Kier alpha value is 0.300. The van der Waals surface area contributed by atoms with Gasteiger partial charge in [-0.15, -0.1) is 0 Å². The summed E-state index contributed by atoms with van der Waals surface area (Å²) >= 11 is 28.5. The lowest BCUT2D eigenvalue weighted by Gasteiger charge is -2.06. The number of ketones is 1. The number of hydrogen-bond donors (Lipinski definition) is 0. The van der Waals surface area contributed by atoms with Gasteiger partial charge in [0.1, 0.15) is 6.10 Å². The van der Waals surface area contributed by atoms with E-state index in [1.165, 1.54) is 12.1 Å². The topological polar surface area (TPSA) is 29.6 Å². The van der Waals surface area contributed by atoms with Gasteiger partial charge in [-0.25, -0.2) is 0 Å². The van der Waals surface area contributed by atoms with Crippen LogP contribution < -0.4 is 0 Å². The van der Waals surface area contributed by atoms with Gasteiger partial charge >= 0.3 is 0 Å². The molecule has 1 aromatic carbocycles. The van der Waals surface area contributed by atoms with Gasteiger partial charge in [-0.3, -0.25) is 4.79 Å². The molecule has 1 aliphatic heterocycles. The summed E-state index contributed by atoms with van der Waals surface area (Å²) < 4.78 is 3.43. The lowest BCUT2D eigenvalue weighted by atomic mass is 10.1. The maximum absolute atomic E-state index is 12.0. The largest absolute Gasteiger partial charge is 0.356 e. The average molecular weight is 334 g/mol. The third-order valence-electron chi connectivity index (χ3n) is 2.27. The zero-order chi connectivity index (χ0) is 12.8. The molecule has 0 unspecified atom stereocenters. The standard InChI is InChI=1S/C10H5Cl5O2/c11-4-1-2-5(6(12)3-4)7(16)8-9(17-8)10(13,14)15/h1-3,8-9H/t8-,9+/m0/s1. The molecule has 0 aliphatic carbocycles. The molecular weight excluding hydrogens is 329 g/mol. The third-order valence-corrected chi connectivity index (χ3v) is 3.46. The minimum Gasteiger partial charge on any atom is -0.356 e. The fourth-order valence-corrected chi connectivity index (χ4v) is 2.40. The van der Waals surface area contributed by atoms with E-state index in [0.717, 1.165) is 0 Å². The van der Waals surface area contributed by atoms with Gasteiger partial charge in [0, 0.05) is 10.6 Å². The van der Waals surface area contributed by atoms with Crippen LogP contribution in [-0.2, 0) is 4.74 Å². The van der Waals surface area contributed by atoms with Gasteiger partial charge in [0.15, 0.2) is 11.9 Å². The molecule has 0 radical (unpaired) electrons. The van der Waals surface area contributed by atoms with E-state index in [1.807, 2.05) is 0 Å². The van der Waals surface area contributed by atoms with Gasteiger partial charge in [-0.2, -0.15) is 0 Å². The Kier molecular flexibility index (Phi) is 3.85. The summed E-state index contributed by atoms with van der Waals surface area (Å²) in [4.78, 5) is 12.0. The summed E-state index contributed by atoms with van der Waals surface area (Å²) in [6.45, 7) is 0. The van der Waals surface area contributed by atoms with E-state index in [1.54, 1.807) is 6.07 Å². The summed E-state index contributed by atoms with van der Waals surface area (Å²) in [6, 6.07) is 4.56. The smallest absolute Gasteiger partial charge is 0.219 e. The van der Waals surface area contributed by atoms with Crippen LogP contribution in [-0.4, -0.2) is 21.8 Å². The Morgan fingerprint density at radius 3 is 2.35 bits per heavy atom. The Bertz CT molecular complexity index is 468. The third kappa shape index (κ3) is 3.01. The van der Waals surface area contributed by atoms with Crippen LogP contribution in [0.5, 0.6) is 0 Å². The molecule has 2 nitrogen and oxygen atoms in total. The summed E-state index contributed by atoms with van der Waals surface area (Å²) in [5, 5.41) is 0.697. The van der Waals surface area contributed by atoms with Crippen molar-refractivity contribution in [3.05, 3.63) is 33.8 Å². The minimum atomic E-state index is -1.61. The van der Waals surface area contributed by atoms with Crippen molar-refractivity contribution in [3.8, 4) is 0 Å². The molecule has 1 saturated heterocycles. The monoisotopic (exact) mass is 332 g/mol. The second-order valence-corrected chi connectivity index (χ2v) is 6.72. The van der Waals surface area contributed by atoms with Crippen molar-refractivity contribution in [2.45, 2.75) is 16.0 Å². The zero-order valence-electron chi connectivity index (χ0n) is 8.09. The van der Waals surface area contributed by atoms with Gasteiger partial charge in [0.25, 0.3) is 0 Å². The Morgan fingerprint density at radius 2 is 1.88 bits per heavy atom. The highest BCUT2D eigenvalue weighted by atomic mass is 35.6. The second-order valence-electron chi connectivity index (χ2n) is 3.51. The van der Waals surface area contributed by atoms with Crippen molar-refractivity contribution in [3.63, 3.8) is 0 Å². The van der Waals surface area contributed by atoms with Crippen LogP contribution >= 0.6 is 58.0 Å². The molecule has 2 atom stereocenters. The zero-order valence-corrected chi connectivity index (χ0v) is 11.9. The van der Waals surface area contributed by atoms with Crippen LogP contribution in [0.3, 0.4) is 0 Å². The number of alkyl halides is 3. The molecule has 2 rings (SSSR count). The number of rotatable bonds is 2. The van der Waals surface area contributed by atoms with E-state index in [2.05, 4.69) is 0 Å². The van der Waals surface area contributed by atoms with E-state index in [9.17, 15) is 4.79 Å². The van der Waals surface area contributed by atoms with Crippen LogP contribution in [0.25, 0.3) is 0 Å². The van der Waals surface area contributed by atoms with Gasteiger partial charge < -0.3 is 4.74 Å². The summed E-state index contributed by atoms with van der Waals surface area (Å²) in [5.41, 5.74) is 0.304. The molecule has 1 fully saturated rings. The maximum Gasteiger partial charge on any atom is 0.219 e. The summed E-state index contributed by atoms with van der Waals surface area (Å²) in [6.07, 6.45) is -1.49. The molecule has 92 valence electrons. The van der Waals surface area contributed by atoms with Crippen molar-refractivity contribution in [1.82, 2.24) is 0 Å². The van der Waals surface area contributed by atoms with Gasteiger partial charge in [0.2, 0.25) is 3.79 Å². The first-order valence-electron chi connectivity index (χ1n) is 4.52. The first-order valence-corrected chi connectivity index (χ1v) is 6.41. The van der Waals surface area contributed by atoms with E-state index < -0.39 is 16.0 Å². The van der Waals surface area contributed by atoms with Crippen LogP contribution in [0.15, 0.2) is 18.2 Å². The lowest BCUT2D eigenvalue weighted by molar-refractivity contribution is 0.0954. The molecule has 1 heterocycles. The highest BCUT2D eigenvalue weighted by Gasteiger charge is 2.56. The highest BCUT2D eigenvalue weighted by molar-refractivity contribution is 6.68. The Balaban J connectivity index is 2.17. The highest BCUT2D eigenvalue weighted by Crippen LogP contribution is 2.45. The quantitative estimate of drug-likeness (QED) is 0.458. The Labute approximate surface area is 123 Å². The molecule has 0 N–H and O–H groups in total. The van der Waals surface area contributed by atoms with Crippen molar-refractivity contribution in [2.75, 3.05) is 0 Å². The van der Waals surface area contributed by atoms with Crippen molar-refractivity contribution in [1.29, 1.82) is 0 Å². The average Bonchev–Trinajstić information content (AvgIpc) is 2.95. The molecule has 0 spiro atoms. The fourth-order valence-electron chi connectivity index (χ4n) is 1.40. The van der Waals surface area contributed by atoms with Crippen molar-refractivity contribution >= 4 is 63.8 Å². The van der Waals surface area contributed by atoms with Gasteiger partial charge in [0.05, 0.1) is 5.02 Å². The number of epoxide rings is 1. The first-order chi connectivity index (χ1) is 7.80. The first kappa shape index (κ1) is 13.7. The molecule has 0 aromatic heterocycles. The predicted molar refractivity (Wildman–Crippen MR) is 69.7 cm³/mol. The fraction of sp³-hybridized carbons (Fsp3) is 0.300. The Morgan fingerprint density at radius 1 is 1.24 bits per heavy atom. The number of ether oxygens (including phenoxy) is 1. The maximum atomic E-state index is 12.0. The van der Waals surface area contributed by atoms with Crippen LogP contribution in [0, 0.1) is 0 Å². The predicted octanol–water partition coefficient (Wildman–Crippen LogP) is 4.31. The molecule has 17 heavy (non-hydrogen) atoms. The second kappa shape index (κ2) is 4.76. The lowest BCUT2D eigenvalue weighted by Crippen LogP contribution is -2.20. The SMILES string of the molecule is O=C(c1ccc(Cl)cc1Cl)[C@@H]1O[C@H]1C(Cl)(Cl)Cl. The molecule has 0 bridgehead atoms. The van der Waals surface area contributed by atoms with E-state index in [-0.39, 0.29) is 10.8 Å². The van der Waals surface area contributed by atoms with Crippen molar-refractivity contribution in [2.24, 2.45) is 0 Å². The summed E-state index contributed by atoms with van der Waals surface area (Å²) in [7, 11) is 0. The number of carbonyl (C=O) groups excluding carboxylic acids is 1. The molecule has 0 amide bonds. The van der Waals surface area contributed by atoms with E-state index >= 15 is 0 Å². The molecule has 7 heteroatoms. The van der Waals surface area contributed by atoms with Crippen molar-refractivity contribution < 1.29 is 9.53 Å². The normalized spacial score (nSPS) is 23.6. The van der Waals surface area contributed by atoms with Crippen LogP contribution in [0.2, 0.25) is 10.0 Å². The van der Waals surface area contributed by atoms with Crippen LogP contribution in [0.1, 0.15) is 10.4 Å². The van der Waals surface area contributed by atoms with E-state index in [0.29, 0.717) is 10.6 Å². The number of hydrogen-bond acceptors (Lipinski definition) is 2. The molecule has 1 aliphatic rings.